The number of H-pyrrole nitrogens is 1. The molecule has 30 nitrogen and oxygen atoms in total. The van der Waals surface area contributed by atoms with Crippen molar-refractivity contribution in [1.82, 2.24) is 42.8 Å². The summed E-state index contributed by atoms with van der Waals surface area (Å²) in [6.45, 7) is 15.5. The van der Waals surface area contributed by atoms with Crippen molar-refractivity contribution >= 4 is 115 Å². The molecule has 6 aromatic rings. The molecular weight excluding hydrogens is 1390 g/mol. The van der Waals surface area contributed by atoms with Gasteiger partial charge in [0.05, 0.1) is 42.1 Å². The number of aryl methyl sites for hydroxylation is 3. The molecule has 9 rings (SSSR count). The number of sulfonamides is 3. The Balaban J connectivity index is 0.000000266. The molecule has 4 N–H and O–H groups in total. The summed E-state index contributed by atoms with van der Waals surface area (Å²) in [7, 11) is -10.7. The molecule has 0 unspecified atom stereocenters. The lowest BCUT2D eigenvalue weighted by atomic mass is 10.3. The standard InChI is InChI=1S/C19H26N4O4S.C16H19ClN4O3S.C16H20N4O4S.C2H4O2.Cl3OP.H2O4S/c1-14(2)27-18-13-15(3)20-19(21-18)22-9-11-23(12-10-22)28(24,25)17-7-5-16(26-4)6-8-17;1-12-11-15(17)19-16(18-12)20-7-9-21(10-8-20)25(22,23)14-5-3-13(24-2)4-6-14;1-12-11-15(21)18-16(17-12)19-7-9-20(10-8-19)25(22,23)14-5-3-13(24-2)4-6-14;1-2(3)4;2*1-5(2,3)4/h5-8,13-14H,9-12H2,1-4H3;3-6,11H,7-10H2,1-2H3;3-6,11H,7-10H2,1-2H3,(H,17,18,21);1H3,(H,3,4);;(H2,1,2,3,4). The van der Waals surface area contributed by atoms with Crippen LogP contribution in [0.4, 0.5) is 17.8 Å². The van der Waals surface area contributed by atoms with E-state index in [0.717, 1.165) is 18.3 Å². The van der Waals surface area contributed by atoms with Gasteiger partial charge in [-0.1, -0.05) is 11.6 Å². The normalized spacial score (nSPS) is 15.0. The molecule has 39 heteroatoms. The second-order valence-corrected chi connectivity index (χ2v) is 33.5. The molecule has 0 atom stereocenters. The Hall–Kier alpha value is -6.24. The first-order valence-corrected chi connectivity index (χ1v) is 37.7. The molecule has 0 radical (unpaired) electrons. The van der Waals surface area contributed by atoms with Crippen LogP contribution in [0.5, 0.6) is 23.1 Å². The van der Waals surface area contributed by atoms with Gasteiger partial charge in [0, 0.05) is 115 Å². The fourth-order valence-corrected chi connectivity index (χ4v) is 12.9. The number of rotatable bonds is 14. The second kappa shape index (κ2) is 35.3. The van der Waals surface area contributed by atoms with Crippen LogP contribution in [-0.2, 0) is 49.8 Å². The van der Waals surface area contributed by atoms with Crippen LogP contribution in [0.15, 0.2) is 110 Å². The number of carboxylic acids is 1. The molecule has 0 amide bonds. The number of benzene rings is 3. The molecule has 92 heavy (non-hydrogen) atoms. The van der Waals surface area contributed by atoms with E-state index < -0.39 is 51.6 Å². The van der Waals surface area contributed by atoms with Crippen molar-refractivity contribution in [3.05, 3.63) is 124 Å². The van der Waals surface area contributed by atoms with Gasteiger partial charge in [0.2, 0.25) is 53.8 Å². The van der Waals surface area contributed by atoms with Crippen molar-refractivity contribution in [1.29, 1.82) is 0 Å². The zero-order valence-corrected chi connectivity index (χ0v) is 58.4. The number of carboxylic acid groups (broad SMARTS) is 1. The van der Waals surface area contributed by atoms with Gasteiger partial charge in [-0.25, -0.2) is 45.2 Å². The Morgan fingerprint density at radius 1 is 0.533 bits per heavy atom. The van der Waals surface area contributed by atoms with E-state index in [4.69, 9.17) is 58.0 Å². The number of piperazine rings is 3. The van der Waals surface area contributed by atoms with Crippen LogP contribution in [-0.4, -0.2) is 203 Å². The molecule has 3 aromatic carbocycles. The number of ether oxygens (including phenoxy) is 4. The maximum absolute atomic E-state index is 12.9. The number of aromatic amines is 1. The molecule has 3 aliphatic heterocycles. The van der Waals surface area contributed by atoms with Crippen LogP contribution in [0.3, 0.4) is 0 Å². The van der Waals surface area contributed by atoms with E-state index in [2.05, 4.69) is 63.6 Å². The molecular formula is C53H71Cl4N12O18PS4. The topological polar surface area (TPSA) is 385 Å². The number of anilines is 3. The number of nitrogens with one attached hydrogen (secondary N) is 1. The predicted octanol–water partition coefficient (Wildman–Crippen LogP) is 6.90. The van der Waals surface area contributed by atoms with E-state index in [1.807, 2.05) is 42.4 Å². The van der Waals surface area contributed by atoms with E-state index in [1.54, 1.807) is 106 Å². The quantitative estimate of drug-likeness (QED) is 0.0489. The van der Waals surface area contributed by atoms with Gasteiger partial charge >= 0.3 is 15.6 Å². The summed E-state index contributed by atoms with van der Waals surface area (Å²) in [5, 5.41) is 4.58. The first-order valence-electron chi connectivity index (χ1n) is 27.2. The smallest absolute Gasteiger partial charge is 0.394 e. The van der Waals surface area contributed by atoms with Crippen LogP contribution >= 0.6 is 50.5 Å². The number of aliphatic carboxylic acids is 1. The Morgan fingerprint density at radius 2 is 0.826 bits per heavy atom. The van der Waals surface area contributed by atoms with Crippen LogP contribution in [0, 0.1) is 20.8 Å². The number of halogens is 4. The van der Waals surface area contributed by atoms with Gasteiger partial charge in [0.15, 0.2) is 0 Å². The van der Waals surface area contributed by atoms with Gasteiger partial charge in [-0.05, 0) is 147 Å². The number of carbonyl (C=O) groups is 1. The highest BCUT2D eigenvalue weighted by atomic mass is 36.0. The Labute approximate surface area is 553 Å². The third kappa shape index (κ3) is 26.3. The summed E-state index contributed by atoms with van der Waals surface area (Å²) in [6, 6.07) is 24.1. The minimum Gasteiger partial charge on any atom is -0.497 e. The van der Waals surface area contributed by atoms with Crippen molar-refractivity contribution < 1.29 is 76.2 Å². The van der Waals surface area contributed by atoms with Gasteiger partial charge in [-0.15, -0.1) is 0 Å². The highest BCUT2D eigenvalue weighted by Gasteiger charge is 2.32. The lowest BCUT2D eigenvalue weighted by molar-refractivity contribution is -0.134. The van der Waals surface area contributed by atoms with E-state index >= 15 is 0 Å². The van der Waals surface area contributed by atoms with Crippen LogP contribution < -0.4 is 39.2 Å². The Bertz CT molecular complexity index is 3920. The molecule has 0 aliphatic carbocycles. The third-order valence-electron chi connectivity index (χ3n) is 12.5. The first kappa shape index (κ1) is 78.2. The molecule has 0 spiro atoms. The van der Waals surface area contributed by atoms with Crippen molar-refractivity contribution in [2.24, 2.45) is 0 Å². The largest absolute Gasteiger partial charge is 0.497 e. The summed E-state index contributed by atoms with van der Waals surface area (Å²) < 4.78 is 143. The number of nitrogens with zero attached hydrogens (tertiary/aromatic N) is 11. The summed E-state index contributed by atoms with van der Waals surface area (Å²) in [6.07, 6.45) is 0.0219. The third-order valence-corrected chi connectivity index (χ3v) is 18.4. The lowest BCUT2D eigenvalue weighted by Gasteiger charge is -2.34. The second-order valence-electron chi connectivity index (χ2n) is 19.7. The molecule has 6 heterocycles. The van der Waals surface area contributed by atoms with E-state index in [1.165, 1.54) is 26.1 Å². The van der Waals surface area contributed by atoms with Crippen LogP contribution in [0.25, 0.3) is 0 Å². The maximum Gasteiger partial charge on any atom is 0.394 e. The van der Waals surface area contributed by atoms with Gasteiger partial charge in [0.25, 0.3) is 11.5 Å². The highest BCUT2D eigenvalue weighted by molar-refractivity contribution is 8.24. The fraction of sp³-hybridized carbons (Fsp3) is 0.415. The van der Waals surface area contributed by atoms with E-state index in [9.17, 15) is 34.6 Å². The molecule has 3 fully saturated rings. The highest BCUT2D eigenvalue weighted by Crippen LogP contribution is 2.61. The number of hydrogen-bond acceptors (Lipinski definition) is 23. The molecule has 508 valence electrons. The zero-order valence-electron chi connectivity index (χ0n) is 51.2. The van der Waals surface area contributed by atoms with Gasteiger partial charge in [-0.3, -0.25) is 28.2 Å². The van der Waals surface area contributed by atoms with Crippen molar-refractivity contribution in [3.8, 4) is 23.1 Å². The SMILES string of the molecule is CC(=O)O.COc1ccc(S(=O)(=O)N2CCN(c3nc(C)cc(=O)[nH]3)CC2)cc1.COc1ccc(S(=O)(=O)N2CCN(c3nc(C)cc(Cl)n3)CC2)cc1.COc1ccc(S(=O)(=O)N2CCN(c3nc(C)cc(OC(C)C)n3)CC2)cc1.O=P(Cl)(Cl)Cl.O=S(=O)(O)O. The van der Waals surface area contributed by atoms with Crippen molar-refractivity contribution in [3.63, 3.8) is 0 Å². The monoisotopic (exact) mass is 1460 g/mol. The van der Waals surface area contributed by atoms with E-state index in [-0.39, 0.29) is 26.3 Å². The van der Waals surface area contributed by atoms with Gasteiger partial charge < -0.3 is 38.8 Å². The number of hydrogen-bond donors (Lipinski definition) is 4. The van der Waals surface area contributed by atoms with Gasteiger partial charge in [-0.2, -0.15) is 26.3 Å². The summed E-state index contributed by atoms with van der Waals surface area (Å²) in [5.41, 5.74) is 2.01. The summed E-state index contributed by atoms with van der Waals surface area (Å²) in [4.78, 5) is 51.7. The van der Waals surface area contributed by atoms with Crippen molar-refractivity contribution in [2.75, 3.05) is 115 Å². The molecule has 0 saturated carbocycles. The van der Waals surface area contributed by atoms with Crippen LogP contribution in [0.1, 0.15) is 37.9 Å². The maximum atomic E-state index is 12.9. The minimum absolute atomic E-state index is 0.0219. The van der Waals surface area contributed by atoms with Crippen molar-refractivity contribution in [2.45, 2.75) is 62.3 Å². The molecule has 3 aromatic heterocycles. The first-order chi connectivity index (χ1) is 42.8. The zero-order chi connectivity index (χ0) is 68.9. The molecule has 0 bridgehead atoms. The fourth-order valence-electron chi connectivity index (χ4n) is 8.42. The minimum atomic E-state index is -4.67. The Kier molecular flexibility index (Phi) is 30.0. The predicted molar refractivity (Wildman–Crippen MR) is 348 cm³/mol. The molecule has 3 aliphatic rings. The van der Waals surface area contributed by atoms with Crippen LogP contribution in [0.2, 0.25) is 5.15 Å². The summed E-state index contributed by atoms with van der Waals surface area (Å²) >= 11 is 19.8. The number of methoxy groups -OCH3 is 3. The average Bonchev–Trinajstić information content (AvgIpc) is 0.821. The molecule has 3 saturated heterocycles. The number of aromatic nitrogens is 6. The van der Waals surface area contributed by atoms with E-state index in [0.29, 0.717) is 130 Å². The Morgan fingerprint density at radius 3 is 1.12 bits per heavy atom. The summed E-state index contributed by atoms with van der Waals surface area (Å²) in [5.74, 6) is 3.14. The average molecular weight is 1470 g/mol. The van der Waals surface area contributed by atoms with Gasteiger partial charge in [0.1, 0.15) is 22.4 Å². The lowest BCUT2D eigenvalue weighted by Crippen LogP contribution is -2.49.